The summed E-state index contributed by atoms with van der Waals surface area (Å²) in [5, 5.41) is 26.8. The molecular weight excluding hydrogens is 313 g/mol. The lowest BCUT2D eigenvalue weighted by Gasteiger charge is -2.24. The Bertz CT molecular complexity index is 248. The molecule has 0 aromatic heterocycles. The molecule has 1 aliphatic carbocycles. The summed E-state index contributed by atoms with van der Waals surface area (Å²) in [6, 6.07) is 0. The largest absolute Gasteiger partial charge is 0.477 e. The van der Waals surface area contributed by atoms with Crippen molar-refractivity contribution in [2.24, 2.45) is 5.92 Å². The van der Waals surface area contributed by atoms with Gasteiger partial charge in [-0.15, -0.1) is 0 Å². The lowest BCUT2D eigenvalue weighted by atomic mass is 9.95. The van der Waals surface area contributed by atoms with Crippen molar-refractivity contribution >= 4 is 28.6 Å². The molecule has 0 amide bonds. The number of carboxylic acid groups (broad SMARTS) is 1. The summed E-state index contributed by atoms with van der Waals surface area (Å²) >= 11 is 1.72. The Labute approximate surface area is 92.1 Å². The number of alkyl halides is 3. The quantitative estimate of drug-likeness (QED) is 0.503. The van der Waals surface area contributed by atoms with Crippen molar-refractivity contribution in [3.63, 3.8) is 0 Å². The van der Waals surface area contributed by atoms with Crippen LogP contribution in [0.5, 0.6) is 0 Å². The van der Waals surface area contributed by atoms with Crippen molar-refractivity contribution in [3.8, 4) is 0 Å². The molecule has 0 heterocycles. The number of aliphatic hydroxyl groups is 2. The van der Waals surface area contributed by atoms with E-state index in [4.69, 9.17) is 5.11 Å². The van der Waals surface area contributed by atoms with E-state index >= 15 is 0 Å². The fraction of sp³-hybridized carbons (Fsp3) is 0.857. The van der Waals surface area contributed by atoms with Gasteiger partial charge >= 0.3 is 11.9 Å². The molecule has 1 fully saturated rings. The van der Waals surface area contributed by atoms with Crippen molar-refractivity contribution in [1.82, 2.24) is 0 Å². The van der Waals surface area contributed by atoms with E-state index < -0.39 is 33.9 Å². The summed E-state index contributed by atoms with van der Waals surface area (Å²) in [4.78, 5) is 10.2. The molecule has 0 saturated heterocycles. The van der Waals surface area contributed by atoms with Crippen LogP contribution in [0.25, 0.3) is 0 Å². The molecule has 3 N–H and O–H groups in total. The second-order valence-corrected chi connectivity index (χ2v) is 4.86. The molecule has 0 unspecified atom stereocenters. The number of aliphatic hydroxyl groups excluding tert-OH is 2. The van der Waals surface area contributed by atoms with Gasteiger partial charge < -0.3 is 15.3 Å². The summed E-state index contributed by atoms with van der Waals surface area (Å²) in [6.07, 6.45) is -2.98. The second kappa shape index (κ2) is 3.86. The van der Waals surface area contributed by atoms with Gasteiger partial charge in [0.25, 0.3) is 0 Å². The molecule has 1 aliphatic rings. The van der Waals surface area contributed by atoms with Gasteiger partial charge in [-0.3, -0.25) is 0 Å². The maximum Gasteiger partial charge on any atom is 0.375 e. The topological polar surface area (TPSA) is 77.8 Å². The molecule has 82 valence electrons. The number of carbonyl (C=O) groups is 1. The van der Waals surface area contributed by atoms with Crippen LogP contribution in [0.15, 0.2) is 0 Å². The van der Waals surface area contributed by atoms with Gasteiger partial charge in [-0.2, -0.15) is 8.78 Å². The first-order valence-electron chi connectivity index (χ1n) is 3.90. The molecule has 0 aliphatic heterocycles. The first-order valence-corrected chi connectivity index (χ1v) is 5.14. The SMILES string of the molecule is O=C(O)C(F)(F)[C@@H]1[C@H](O)[C@@H](I)C[C@@H]1O. The Morgan fingerprint density at radius 2 is 1.93 bits per heavy atom. The smallest absolute Gasteiger partial charge is 0.375 e. The maximum absolute atomic E-state index is 13.0. The van der Waals surface area contributed by atoms with Gasteiger partial charge in [-0.1, -0.05) is 22.6 Å². The standard InChI is InChI=1S/C7H9F2IO4/c8-7(9,6(13)14)4-3(11)1-2(10)5(4)12/h2-5,11-12H,1H2,(H,13,14)/t2-,3-,4-,5+/m0/s1. The normalized spacial score (nSPS) is 38.6. The van der Waals surface area contributed by atoms with E-state index in [1.165, 1.54) is 0 Å². The molecule has 0 bridgehead atoms. The zero-order valence-corrected chi connectivity index (χ0v) is 9.06. The number of aliphatic carboxylic acids is 1. The van der Waals surface area contributed by atoms with E-state index in [1.54, 1.807) is 22.6 Å². The van der Waals surface area contributed by atoms with Crippen LogP contribution >= 0.6 is 22.6 Å². The number of halogens is 3. The number of hydrogen-bond acceptors (Lipinski definition) is 3. The van der Waals surface area contributed by atoms with Crippen LogP contribution in [0.3, 0.4) is 0 Å². The van der Waals surface area contributed by atoms with Gasteiger partial charge in [0.15, 0.2) is 0 Å². The van der Waals surface area contributed by atoms with E-state index in [9.17, 15) is 23.8 Å². The molecule has 4 nitrogen and oxygen atoms in total. The van der Waals surface area contributed by atoms with E-state index in [-0.39, 0.29) is 6.42 Å². The third-order valence-electron chi connectivity index (χ3n) is 2.32. The highest BCUT2D eigenvalue weighted by Gasteiger charge is 2.58. The Balaban J connectivity index is 2.92. The zero-order chi connectivity index (χ0) is 11.1. The molecule has 0 aromatic rings. The highest BCUT2D eigenvalue weighted by Crippen LogP contribution is 2.41. The van der Waals surface area contributed by atoms with E-state index in [1.807, 2.05) is 0 Å². The minimum Gasteiger partial charge on any atom is -0.477 e. The molecule has 0 spiro atoms. The molecule has 0 radical (unpaired) electrons. The Morgan fingerprint density at radius 3 is 2.21 bits per heavy atom. The first-order chi connectivity index (χ1) is 6.28. The van der Waals surface area contributed by atoms with Gasteiger partial charge in [0.2, 0.25) is 0 Å². The summed E-state index contributed by atoms with van der Waals surface area (Å²) in [5.41, 5.74) is 0. The average molecular weight is 322 g/mol. The van der Waals surface area contributed by atoms with E-state index in [2.05, 4.69) is 0 Å². The van der Waals surface area contributed by atoms with Crippen LogP contribution < -0.4 is 0 Å². The van der Waals surface area contributed by atoms with Crippen LogP contribution in [-0.4, -0.2) is 43.3 Å². The minimum atomic E-state index is -4.08. The maximum atomic E-state index is 13.0. The summed E-state index contributed by atoms with van der Waals surface area (Å²) < 4.78 is 25.5. The molecule has 1 rings (SSSR count). The lowest BCUT2D eigenvalue weighted by Crippen LogP contribution is -2.46. The highest BCUT2D eigenvalue weighted by molar-refractivity contribution is 14.1. The van der Waals surface area contributed by atoms with Crippen LogP contribution in [0, 0.1) is 5.92 Å². The Hall–Kier alpha value is -0.0200. The van der Waals surface area contributed by atoms with Crippen LogP contribution in [0.1, 0.15) is 6.42 Å². The fourth-order valence-corrected chi connectivity index (χ4v) is 2.54. The first kappa shape index (κ1) is 12.1. The third kappa shape index (κ3) is 1.84. The van der Waals surface area contributed by atoms with E-state index in [0.29, 0.717) is 0 Å². The zero-order valence-electron chi connectivity index (χ0n) is 6.90. The number of hydrogen-bond donors (Lipinski definition) is 3. The van der Waals surface area contributed by atoms with Gasteiger partial charge in [0.1, 0.15) is 0 Å². The predicted molar refractivity (Wildman–Crippen MR) is 50.5 cm³/mol. The summed E-state index contributed by atoms with van der Waals surface area (Å²) in [5.74, 6) is -8.31. The van der Waals surface area contributed by atoms with Crippen LogP contribution in [0.2, 0.25) is 0 Å². The highest BCUT2D eigenvalue weighted by atomic mass is 127. The summed E-state index contributed by atoms with van der Waals surface area (Å²) in [7, 11) is 0. The summed E-state index contributed by atoms with van der Waals surface area (Å²) in [6.45, 7) is 0. The second-order valence-electron chi connectivity index (χ2n) is 3.26. The molecule has 7 heteroatoms. The van der Waals surface area contributed by atoms with Crippen molar-refractivity contribution < 1.29 is 28.9 Å². The monoisotopic (exact) mass is 322 g/mol. The van der Waals surface area contributed by atoms with Crippen molar-refractivity contribution in [3.05, 3.63) is 0 Å². The van der Waals surface area contributed by atoms with Gasteiger partial charge in [0, 0.05) is 3.92 Å². The number of rotatable bonds is 2. The fourth-order valence-electron chi connectivity index (χ4n) is 1.57. The van der Waals surface area contributed by atoms with Crippen molar-refractivity contribution in [2.75, 3.05) is 0 Å². The molecule has 0 aromatic carbocycles. The lowest BCUT2D eigenvalue weighted by molar-refractivity contribution is -0.185. The molecule has 14 heavy (non-hydrogen) atoms. The Morgan fingerprint density at radius 1 is 1.43 bits per heavy atom. The molecular formula is C7H9F2IO4. The average Bonchev–Trinajstić information content (AvgIpc) is 2.26. The molecule has 4 atom stereocenters. The predicted octanol–water partition coefficient (Wildman–Crippen LogP) is 0.252. The minimum absolute atomic E-state index is 0.0186. The van der Waals surface area contributed by atoms with Crippen molar-refractivity contribution in [1.29, 1.82) is 0 Å². The van der Waals surface area contributed by atoms with Crippen LogP contribution in [0.4, 0.5) is 8.78 Å². The van der Waals surface area contributed by atoms with Crippen molar-refractivity contribution in [2.45, 2.75) is 28.5 Å². The Kier molecular flexibility index (Phi) is 3.32. The van der Waals surface area contributed by atoms with Gasteiger partial charge in [0.05, 0.1) is 18.1 Å². The van der Waals surface area contributed by atoms with Gasteiger partial charge in [-0.25, -0.2) is 4.79 Å². The number of carboxylic acids is 1. The third-order valence-corrected chi connectivity index (χ3v) is 3.57. The molecule has 1 saturated carbocycles. The van der Waals surface area contributed by atoms with Crippen LogP contribution in [-0.2, 0) is 4.79 Å². The van der Waals surface area contributed by atoms with E-state index in [0.717, 1.165) is 0 Å². The van der Waals surface area contributed by atoms with Gasteiger partial charge in [-0.05, 0) is 6.42 Å².